The number of carbonyl (C=O) groups excluding carboxylic acids is 1. The largest absolute Gasteiger partial charge is 0.398 e. The molecule has 5 nitrogen and oxygen atoms in total. The first-order chi connectivity index (χ1) is 8.72. The minimum absolute atomic E-state index is 0. The molecule has 110 valence electrons. The lowest BCUT2D eigenvalue weighted by Gasteiger charge is -2.14. The van der Waals surface area contributed by atoms with Crippen LogP contribution in [0.25, 0.3) is 0 Å². The van der Waals surface area contributed by atoms with E-state index in [1.54, 1.807) is 18.5 Å². The van der Waals surface area contributed by atoms with Crippen LogP contribution in [0.5, 0.6) is 0 Å². The number of nitrogen functional groups attached to an aromatic ring is 1. The quantitative estimate of drug-likeness (QED) is 0.900. The van der Waals surface area contributed by atoms with E-state index in [-0.39, 0.29) is 36.8 Å². The van der Waals surface area contributed by atoms with Crippen LogP contribution in [0.4, 0.5) is 5.69 Å². The van der Waals surface area contributed by atoms with Crippen LogP contribution in [0, 0.1) is 0 Å². The fourth-order valence-electron chi connectivity index (χ4n) is 1.58. The molecule has 1 amide bonds. The normalized spacial score (nSPS) is 10.8. The second-order valence-electron chi connectivity index (χ2n) is 3.77. The highest BCUT2D eigenvalue weighted by molar-refractivity contribution is 7.09. The molecule has 0 fully saturated rings. The SMILES string of the molecule is CCC(NC(=O)c1cnccc1N)c1nccs1.Cl.Cl. The molecule has 0 aliphatic carbocycles. The summed E-state index contributed by atoms with van der Waals surface area (Å²) in [6, 6.07) is 1.52. The second kappa shape index (κ2) is 8.73. The molecule has 20 heavy (non-hydrogen) atoms. The van der Waals surface area contributed by atoms with E-state index in [1.165, 1.54) is 17.5 Å². The zero-order valence-electron chi connectivity index (χ0n) is 10.8. The number of hydrogen-bond donors (Lipinski definition) is 2. The number of pyridine rings is 1. The second-order valence-corrected chi connectivity index (χ2v) is 4.69. The molecule has 0 bridgehead atoms. The summed E-state index contributed by atoms with van der Waals surface area (Å²) in [5.74, 6) is -0.220. The number of anilines is 1. The summed E-state index contributed by atoms with van der Waals surface area (Å²) in [5.41, 5.74) is 6.57. The number of thiazole rings is 1. The van der Waals surface area contributed by atoms with Crippen molar-refractivity contribution in [2.45, 2.75) is 19.4 Å². The van der Waals surface area contributed by atoms with Crippen LogP contribution in [-0.2, 0) is 0 Å². The van der Waals surface area contributed by atoms with E-state index in [2.05, 4.69) is 15.3 Å². The summed E-state index contributed by atoms with van der Waals surface area (Å²) in [6.07, 6.45) is 5.54. The average Bonchev–Trinajstić information content (AvgIpc) is 2.90. The number of nitrogens with one attached hydrogen (secondary N) is 1. The molecule has 3 N–H and O–H groups in total. The molecule has 2 heterocycles. The van der Waals surface area contributed by atoms with Crippen LogP contribution in [0.3, 0.4) is 0 Å². The van der Waals surface area contributed by atoms with Gasteiger partial charge in [-0.3, -0.25) is 9.78 Å². The lowest BCUT2D eigenvalue weighted by atomic mass is 10.2. The molecule has 8 heteroatoms. The maximum absolute atomic E-state index is 12.1. The molecule has 0 aliphatic heterocycles. The fraction of sp³-hybridized carbons (Fsp3) is 0.250. The summed E-state index contributed by atoms with van der Waals surface area (Å²) < 4.78 is 0. The first kappa shape index (κ1) is 18.6. The van der Waals surface area contributed by atoms with E-state index in [9.17, 15) is 4.79 Å². The van der Waals surface area contributed by atoms with E-state index in [0.717, 1.165) is 11.4 Å². The van der Waals surface area contributed by atoms with Gasteiger partial charge in [-0.15, -0.1) is 36.2 Å². The Morgan fingerprint density at radius 2 is 2.20 bits per heavy atom. The Kier molecular flexibility index (Phi) is 8.13. The zero-order chi connectivity index (χ0) is 13.0. The summed E-state index contributed by atoms with van der Waals surface area (Å²) in [4.78, 5) is 20.2. The third kappa shape index (κ3) is 4.33. The highest BCUT2D eigenvalue weighted by atomic mass is 35.5. The molecule has 0 aromatic carbocycles. The number of nitrogens with zero attached hydrogens (tertiary/aromatic N) is 2. The Hall–Kier alpha value is -1.37. The van der Waals surface area contributed by atoms with Crippen molar-refractivity contribution < 1.29 is 4.79 Å². The van der Waals surface area contributed by atoms with Crippen LogP contribution in [-0.4, -0.2) is 15.9 Å². The zero-order valence-corrected chi connectivity index (χ0v) is 13.2. The Balaban J connectivity index is 0.00000180. The molecule has 0 saturated carbocycles. The van der Waals surface area contributed by atoms with Crippen molar-refractivity contribution in [1.82, 2.24) is 15.3 Å². The molecule has 0 spiro atoms. The molecular weight excluding hydrogens is 319 g/mol. The van der Waals surface area contributed by atoms with E-state index in [4.69, 9.17) is 5.73 Å². The molecule has 0 aliphatic rings. The average molecular weight is 335 g/mol. The lowest BCUT2D eigenvalue weighted by molar-refractivity contribution is 0.0936. The number of nitrogens with two attached hydrogens (primary N) is 1. The van der Waals surface area contributed by atoms with Crippen LogP contribution < -0.4 is 11.1 Å². The monoisotopic (exact) mass is 334 g/mol. The molecule has 0 radical (unpaired) electrons. The Bertz CT molecular complexity index is 536. The van der Waals surface area contributed by atoms with E-state index >= 15 is 0 Å². The van der Waals surface area contributed by atoms with Crippen LogP contribution in [0.1, 0.15) is 34.8 Å². The van der Waals surface area contributed by atoms with Gasteiger partial charge in [0.15, 0.2) is 0 Å². The topological polar surface area (TPSA) is 80.9 Å². The summed E-state index contributed by atoms with van der Waals surface area (Å²) >= 11 is 1.52. The van der Waals surface area contributed by atoms with E-state index in [0.29, 0.717) is 11.3 Å². The third-order valence-corrected chi connectivity index (χ3v) is 3.45. The van der Waals surface area contributed by atoms with Crippen LogP contribution in [0.2, 0.25) is 0 Å². The minimum atomic E-state index is -0.220. The number of rotatable bonds is 4. The Morgan fingerprint density at radius 3 is 2.75 bits per heavy atom. The van der Waals surface area contributed by atoms with Crippen molar-refractivity contribution in [1.29, 1.82) is 0 Å². The molecule has 1 unspecified atom stereocenters. The maximum atomic E-state index is 12.1. The Labute approximate surface area is 133 Å². The van der Waals surface area contributed by atoms with Crippen molar-refractivity contribution in [3.8, 4) is 0 Å². The summed E-state index contributed by atoms with van der Waals surface area (Å²) in [6.45, 7) is 2.00. The molecular formula is C12H16Cl2N4OS. The fourth-order valence-corrected chi connectivity index (χ4v) is 2.35. The van der Waals surface area contributed by atoms with Crippen molar-refractivity contribution in [2.24, 2.45) is 0 Å². The number of halogens is 2. The maximum Gasteiger partial charge on any atom is 0.255 e. The highest BCUT2D eigenvalue weighted by Gasteiger charge is 2.17. The summed E-state index contributed by atoms with van der Waals surface area (Å²) in [5, 5.41) is 5.70. The molecule has 2 aromatic rings. The molecule has 2 rings (SSSR count). The number of carbonyl (C=O) groups is 1. The van der Waals surface area contributed by atoms with Crippen molar-refractivity contribution in [3.63, 3.8) is 0 Å². The van der Waals surface area contributed by atoms with E-state index < -0.39 is 0 Å². The number of aromatic nitrogens is 2. The first-order valence-corrected chi connectivity index (χ1v) is 6.50. The van der Waals surface area contributed by atoms with Gasteiger partial charge < -0.3 is 11.1 Å². The van der Waals surface area contributed by atoms with Gasteiger partial charge in [-0.2, -0.15) is 0 Å². The van der Waals surface area contributed by atoms with Gasteiger partial charge in [0.05, 0.1) is 11.6 Å². The van der Waals surface area contributed by atoms with E-state index in [1.807, 2.05) is 12.3 Å². The molecule has 2 aromatic heterocycles. The van der Waals surface area contributed by atoms with Gasteiger partial charge in [-0.05, 0) is 12.5 Å². The first-order valence-electron chi connectivity index (χ1n) is 5.62. The van der Waals surface area contributed by atoms with Gasteiger partial charge in [0.2, 0.25) is 0 Å². The van der Waals surface area contributed by atoms with Crippen LogP contribution >= 0.6 is 36.2 Å². The van der Waals surface area contributed by atoms with Gasteiger partial charge in [-0.1, -0.05) is 6.92 Å². The van der Waals surface area contributed by atoms with Gasteiger partial charge in [0, 0.05) is 29.7 Å². The van der Waals surface area contributed by atoms with Gasteiger partial charge >= 0.3 is 0 Å². The Morgan fingerprint density at radius 1 is 1.45 bits per heavy atom. The standard InChI is InChI=1S/C12H14N4OS.2ClH/c1-2-10(12-15-5-6-18-12)16-11(17)8-7-14-4-3-9(8)13;;/h3-7,10H,2H2,1H3,(H2,13,14)(H,16,17);2*1H. The molecule has 1 atom stereocenters. The van der Waals surface area contributed by atoms with Crippen molar-refractivity contribution in [2.75, 3.05) is 5.73 Å². The predicted molar refractivity (Wildman–Crippen MR) is 85.8 cm³/mol. The lowest BCUT2D eigenvalue weighted by Crippen LogP contribution is -2.28. The summed E-state index contributed by atoms with van der Waals surface area (Å²) in [7, 11) is 0. The number of amides is 1. The van der Waals surface area contributed by atoms with Crippen molar-refractivity contribution >= 4 is 47.7 Å². The molecule has 0 saturated heterocycles. The smallest absolute Gasteiger partial charge is 0.255 e. The minimum Gasteiger partial charge on any atom is -0.398 e. The number of hydrogen-bond acceptors (Lipinski definition) is 5. The van der Waals surface area contributed by atoms with Crippen molar-refractivity contribution in [3.05, 3.63) is 40.6 Å². The predicted octanol–water partition coefficient (Wildman–Crippen LogP) is 2.85. The van der Waals surface area contributed by atoms with Gasteiger partial charge in [0.1, 0.15) is 5.01 Å². The van der Waals surface area contributed by atoms with Gasteiger partial charge in [-0.25, -0.2) is 4.98 Å². The van der Waals surface area contributed by atoms with Crippen LogP contribution in [0.15, 0.2) is 30.0 Å². The highest BCUT2D eigenvalue weighted by Crippen LogP contribution is 2.20. The van der Waals surface area contributed by atoms with Gasteiger partial charge in [0.25, 0.3) is 5.91 Å². The third-order valence-electron chi connectivity index (χ3n) is 2.56.